The van der Waals surface area contributed by atoms with E-state index in [-0.39, 0.29) is 18.9 Å². The van der Waals surface area contributed by atoms with Gasteiger partial charge in [-0.25, -0.2) is 8.42 Å². The molecule has 214 valence electrons. The van der Waals surface area contributed by atoms with E-state index in [2.05, 4.69) is 21.2 Å². The zero-order valence-electron chi connectivity index (χ0n) is 22.7. The molecule has 0 aliphatic heterocycles. The summed E-state index contributed by atoms with van der Waals surface area (Å²) in [5, 5.41) is 3.73. The summed E-state index contributed by atoms with van der Waals surface area (Å²) in [5.74, 6) is -0.940. The molecule has 0 aliphatic rings. The highest BCUT2D eigenvalue weighted by Gasteiger charge is 2.34. The van der Waals surface area contributed by atoms with E-state index in [0.29, 0.717) is 25.8 Å². The van der Waals surface area contributed by atoms with Crippen molar-refractivity contribution in [3.63, 3.8) is 0 Å². The van der Waals surface area contributed by atoms with Gasteiger partial charge >= 0.3 is 0 Å². The predicted octanol–water partition coefficient (Wildman–Crippen LogP) is 6.08. The zero-order chi connectivity index (χ0) is 29.7. The molecular weight excluding hydrogens is 637 g/mol. The summed E-state index contributed by atoms with van der Waals surface area (Å²) >= 11 is 16.0. The highest BCUT2D eigenvalue weighted by molar-refractivity contribution is 9.10. The lowest BCUT2D eigenvalue weighted by atomic mass is 10.0. The number of anilines is 1. The van der Waals surface area contributed by atoms with Gasteiger partial charge in [-0.3, -0.25) is 13.9 Å². The number of carbonyl (C=O) groups is 2. The summed E-state index contributed by atoms with van der Waals surface area (Å²) in [6.07, 6.45) is 1.24. The number of halogens is 3. The maximum Gasteiger partial charge on any atom is 0.244 e. The molecule has 0 saturated heterocycles. The molecule has 3 aromatic carbocycles. The van der Waals surface area contributed by atoms with Crippen LogP contribution in [-0.4, -0.2) is 49.5 Å². The van der Waals surface area contributed by atoms with E-state index in [1.54, 1.807) is 42.5 Å². The van der Waals surface area contributed by atoms with E-state index in [9.17, 15) is 18.0 Å². The first-order valence-corrected chi connectivity index (χ1v) is 15.9. The summed E-state index contributed by atoms with van der Waals surface area (Å²) in [6.45, 7) is 5.00. The summed E-state index contributed by atoms with van der Waals surface area (Å²) in [6, 6.07) is 19.9. The third kappa shape index (κ3) is 9.23. The van der Waals surface area contributed by atoms with Gasteiger partial charge in [-0.1, -0.05) is 81.6 Å². The molecule has 3 aromatic rings. The number of hydrogen-bond donors (Lipinski definition) is 1. The molecule has 3 rings (SSSR count). The molecular formula is C29H32BrCl2N3O4S. The molecule has 0 aliphatic carbocycles. The average molecular weight is 669 g/mol. The first-order chi connectivity index (χ1) is 18.6. The SMILES string of the molecule is CC(C)(C)NC(=O)[C@@H](Cc1ccccc1)N(Cc1ccc(Cl)cc1Cl)C(=O)CN(c1cccc(Br)c1)S(C)(=O)=O. The number of nitrogens with zero attached hydrogens (tertiary/aromatic N) is 2. The van der Waals surface area contributed by atoms with Gasteiger partial charge in [-0.15, -0.1) is 0 Å². The third-order valence-corrected chi connectivity index (χ3v) is 8.12. The Morgan fingerprint density at radius 3 is 2.23 bits per heavy atom. The number of amides is 2. The first-order valence-electron chi connectivity index (χ1n) is 12.5. The Labute approximate surface area is 254 Å². The van der Waals surface area contributed by atoms with Gasteiger partial charge in [0.2, 0.25) is 21.8 Å². The van der Waals surface area contributed by atoms with Gasteiger partial charge in [0.15, 0.2) is 0 Å². The Morgan fingerprint density at radius 2 is 1.65 bits per heavy atom. The molecule has 7 nitrogen and oxygen atoms in total. The van der Waals surface area contributed by atoms with Crippen molar-refractivity contribution in [2.75, 3.05) is 17.1 Å². The predicted molar refractivity (Wildman–Crippen MR) is 165 cm³/mol. The fourth-order valence-electron chi connectivity index (χ4n) is 4.09. The van der Waals surface area contributed by atoms with Crippen molar-refractivity contribution in [3.05, 3.63) is 98.4 Å². The van der Waals surface area contributed by atoms with Crippen molar-refractivity contribution in [1.29, 1.82) is 0 Å². The van der Waals surface area contributed by atoms with Crippen molar-refractivity contribution < 1.29 is 18.0 Å². The first kappa shape index (κ1) is 31.9. The van der Waals surface area contributed by atoms with Crippen molar-refractivity contribution in [2.24, 2.45) is 0 Å². The van der Waals surface area contributed by atoms with Crippen molar-refractivity contribution in [2.45, 2.75) is 45.3 Å². The molecule has 0 radical (unpaired) electrons. The highest BCUT2D eigenvalue weighted by Crippen LogP contribution is 2.26. The van der Waals surface area contributed by atoms with Gasteiger partial charge < -0.3 is 10.2 Å². The number of rotatable bonds is 10. The highest BCUT2D eigenvalue weighted by atomic mass is 79.9. The van der Waals surface area contributed by atoms with Crippen LogP contribution in [0.1, 0.15) is 31.9 Å². The lowest BCUT2D eigenvalue weighted by Gasteiger charge is -2.35. The van der Waals surface area contributed by atoms with E-state index < -0.39 is 34.1 Å². The largest absolute Gasteiger partial charge is 0.350 e. The molecule has 1 atom stereocenters. The van der Waals surface area contributed by atoms with Gasteiger partial charge in [-0.05, 0) is 62.2 Å². The van der Waals surface area contributed by atoms with Gasteiger partial charge in [0.25, 0.3) is 0 Å². The Balaban J connectivity index is 2.10. The number of nitrogens with one attached hydrogen (secondary N) is 1. The minimum Gasteiger partial charge on any atom is -0.350 e. The lowest BCUT2D eigenvalue weighted by Crippen LogP contribution is -2.56. The third-order valence-electron chi connectivity index (χ3n) is 5.90. The quantitative estimate of drug-likeness (QED) is 0.284. The molecule has 0 bridgehead atoms. The van der Waals surface area contributed by atoms with Crippen LogP contribution in [0.25, 0.3) is 0 Å². The maximum atomic E-state index is 14.1. The summed E-state index contributed by atoms with van der Waals surface area (Å²) in [5.41, 5.74) is 1.14. The van der Waals surface area contributed by atoms with E-state index in [1.165, 1.54) is 4.90 Å². The van der Waals surface area contributed by atoms with Crippen LogP contribution in [-0.2, 0) is 32.6 Å². The minimum absolute atomic E-state index is 0.0417. The molecule has 1 N–H and O–H groups in total. The van der Waals surface area contributed by atoms with Crippen LogP contribution in [0, 0.1) is 0 Å². The van der Waals surface area contributed by atoms with Crippen LogP contribution in [0.15, 0.2) is 77.3 Å². The van der Waals surface area contributed by atoms with E-state index in [0.717, 1.165) is 16.1 Å². The molecule has 0 saturated carbocycles. The smallest absolute Gasteiger partial charge is 0.244 e. The second-order valence-corrected chi connectivity index (χ2v) is 14.1. The normalized spacial score (nSPS) is 12.5. The zero-order valence-corrected chi connectivity index (χ0v) is 26.6. The van der Waals surface area contributed by atoms with Crippen LogP contribution in [0.4, 0.5) is 5.69 Å². The van der Waals surface area contributed by atoms with E-state index in [1.807, 2.05) is 51.1 Å². The van der Waals surface area contributed by atoms with Gasteiger partial charge in [0.05, 0.1) is 11.9 Å². The topological polar surface area (TPSA) is 86.8 Å². The Morgan fingerprint density at radius 1 is 0.975 bits per heavy atom. The fraction of sp³-hybridized carbons (Fsp3) is 0.310. The number of sulfonamides is 1. The second kappa shape index (κ2) is 13.4. The van der Waals surface area contributed by atoms with E-state index in [4.69, 9.17) is 23.2 Å². The number of benzene rings is 3. The van der Waals surface area contributed by atoms with Crippen molar-refractivity contribution in [3.8, 4) is 0 Å². The molecule has 0 fully saturated rings. The van der Waals surface area contributed by atoms with Gasteiger partial charge in [0.1, 0.15) is 12.6 Å². The van der Waals surface area contributed by atoms with Crippen LogP contribution >= 0.6 is 39.1 Å². The molecule has 0 spiro atoms. The van der Waals surface area contributed by atoms with Crippen molar-refractivity contribution >= 4 is 66.7 Å². The number of hydrogen-bond acceptors (Lipinski definition) is 4. The van der Waals surface area contributed by atoms with E-state index >= 15 is 0 Å². The minimum atomic E-state index is -3.86. The summed E-state index contributed by atoms with van der Waals surface area (Å²) < 4.78 is 27.4. The maximum absolute atomic E-state index is 14.1. The van der Waals surface area contributed by atoms with Crippen molar-refractivity contribution in [1.82, 2.24) is 10.2 Å². The van der Waals surface area contributed by atoms with Gasteiger partial charge in [-0.2, -0.15) is 0 Å². The molecule has 11 heteroatoms. The lowest BCUT2D eigenvalue weighted by molar-refractivity contribution is -0.140. The average Bonchev–Trinajstić information content (AvgIpc) is 2.84. The second-order valence-electron chi connectivity index (χ2n) is 10.5. The van der Waals surface area contributed by atoms with Crippen LogP contribution < -0.4 is 9.62 Å². The van der Waals surface area contributed by atoms with Gasteiger partial charge in [0, 0.05) is 33.0 Å². The molecule has 40 heavy (non-hydrogen) atoms. The Hall–Kier alpha value is -2.59. The number of carbonyl (C=O) groups excluding carboxylic acids is 2. The molecule has 0 unspecified atom stereocenters. The van der Waals surface area contributed by atoms with Crippen LogP contribution in [0.2, 0.25) is 10.0 Å². The Kier molecular flexibility index (Phi) is 10.7. The summed E-state index contributed by atoms with van der Waals surface area (Å²) in [4.78, 5) is 29.2. The summed E-state index contributed by atoms with van der Waals surface area (Å²) in [7, 11) is -3.86. The van der Waals surface area contributed by atoms with Crippen LogP contribution in [0.3, 0.4) is 0 Å². The molecule has 2 amide bonds. The Bertz CT molecular complexity index is 1460. The fourth-order valence-corrected chi connectivity index (χ4v) is 5.78. The molecule has 0 aromatic heterocycles. The molecule has 0 heterocycles. The monoisotopic (exact) mass is 667 g/mol. The van der Waals surface area contributed by atoms with Crippen LogP contribution in [0.5, 0.6) is 0 Å². The standard InChI is InChI=1S/C29H32BrCl2N3O4S/c1-29(2,3)33-28(37)26(15-20-9-6-5-7-10-20)34(18-21-13-14-23(31)17-25(21)32)27(36)19-35(40(4,38)39)24-12-8-11-22(30)16-24/h5-14,16-17,26H,15,18-19H2,1-4H3,(H,33,37)/t26-/m1/s1.